The number of anilines is 1. The first-order chi connectivity index (χ1) is 8.04. The number of benzene rings is 1. The second kappa shape index (κ2) is 6.22. The molecule has 0 heterocycles. The topological polar surface area (TPSA) is 92.6 Å². The predicted octanol–water partition coefficient (Wildman–Crippen LogP) is 0.182. The lowest BCUT2D eigenvalue weighted by Crippen LogP contribution is -2.21. The van der Waals surface area contributed by atoms with Crippen LogP contribution in [0.1, 0.15) is 22.3 Å². The summed E-state index contributed by atoms with van der Waals surface area (Å²) in [4.78, 5) is 13.0. The Morgan fingerprint density at radius 1 is 1.47 bits per heavy atom. The number of hydrogen-bond acceptors (Lipinski definition) is 4. The maximum absolute atomic E-state index is 11.0. The van der Waals surface area contributed by atoms with Crippen molar-refractivity contribution in [1.82, 2.24) is 4.90 Å². The Hall–Kier alpha value is -1.59. The van der Waals surface area contributed by atoms with Gasteiger partial charge in [0, 0.05) is 30.9 Å². The van der Waals surface area contributed by atoms with E-state index in [0.29, 0.717) is 17.8 Å². The van der Waals surface area contributed by atoms with E-state index in [0.717, 1.165) is 18.5 Å². The molecule has 0 aromatic heterocycles. The first-order valence-electron chi connectivity index (χ1n) is 5.52. The molecule has 0 fully saturated rings. The molecule has 0 aliphatic heterocycles. The highest BCUT2D eigenvalue weighted by molar-refractivity contribution is 5.93. The monoisotopic (exact) mass is 237 g/mol. The highest BCUT2D eigenvalue weighted by atomic mass is 16.3. The first-order valence-corrected chi connectivity index (χ1v) is 5.52. The summed E-state index contributed by atoms with van der Waals surface area (Å²) < 4.78 is 0. The van der Waals surface area contributed by atoms with E-state index < -0.39 is 5.91 Å². The van der Waals surface area contributed by atoms with E-state index in [4.69, 9.17) is 16.6 Å². The van der Waals surface area contributed by atoms with E-state index >= 15 is 0 Å². The standard InChI is InChI=1S/C12H19N3O2/c1-15(5-2-6-16)8-10-4-3-9(12(14)17)7-11(10)13/h3-4,7,16H,2,5-6,8,13H2,1H3,(H2,14,17). The maximum atomic E-state index is 11.0. The van der Waals surface area contributed by atoms with Crippen molar-refractivity contribution in [3.63, 3.8) is 0 Å². The van der Waals surface area contributed by atoms with Crippen molar-refractivity contribution in [3.05, 3.63) is 29.3 Å². The van der Waals surface area contributed by atoms with Gasteiger partial charge in [0.2, 0.25) is 5.91 Å². The summed E-state index contributed by atoms with van der Waals surface area (Å²) in [5, 5.41) is 8.73. The van der Waals surface area contributed by atoms with Gasteiger partial charge in [-0.05, 0) is 31.2 Å². The van der Waals surface area contributed by atoms with Gasteiger partial charge in [0.15, 0.2) is 0 Å². The highest BCUT2D eigenvalue weighted by Gasteiger charge is 2.07. The molecule has 0 atom stereocenters. The summed E-state index contributed by atoms with van der Waals surface area (Å²) in [6.07, 6.45) is 0.732. The fourth-order valence-electron chi connectivity index (χ4n) is 1.60. The number of nitrogen functional groups attached to an aromatic ring is 1. The van der Waals surface area contributed by atoms with E-state index in [1.54, 1.807) is 12.1 Å². The number of aliphatic hydroxyl groups is 1. The molecule has 0 aliphatic rings. The largest absolute Gasteiger partial charge is 0.398 e. The molecule has 0 saturated carbocycles. The molecule has 5 nitrogen and oxygen atoms in total. The van der Waals surface area contributed by atoms with E-state index in [1.807, 2.05) is 13.1 Å². The van der Waals surface area contributed by atoms with Crippen molar-refractivity contribution in [2.24, 2.45) is 5.73 Å². The molecule has 1 rings (SSSR count). The van der Waals surface area contributed by atoms with Crippen LogP contribution in [-0.2, 0) is 6.54 Å². The Bertz CT molecular complexity index is 393. The van der Waals surface area contributed by atoms with Crippen molar-refractivity contribution in [2.45, 2.75) is 13.0 Å². The minimum absolute atomic E-state index is 0.181. The molecule has 0 saturated heterocycles. The third-order valence-electron chi connectivity index (χ3n) is 2.57. The van der Waals surface area contributed by atoms with E-state index in [2.05, 4.69) is 4.90 Å². The fraction of sp³-hybridized carbons (Fsp3) is 0.417. The van der Waals surface area contributed by atoms with Crippen molar-refractivity contribution in [1.29, 1.82) is 0 Å². The molecular formula is C12H19N3O2. The number of hydrogen-bond donors (Lipinski definition) is 3. The number of carbonyl (C=O) groups is 1. The minimum Gasteiger partial charge on any atom is -0.398 e. The van der Waals surface area contributed by atoms with Crippen LogP contribution in [-0.4, -0.2) is 36.1 Å². The van der Waals surface area contributed by atoms with Crippen LogP contribution in [0.25, 0.3) is 0 Å². The molecule has 17 heavy (non-hydrogen) atoms. The Kier molecular flexibility index (Phi) is 4.93. The van der Waals surface area contributed by atoms with E-state index in [9.17, 15) is 4.79 Å². The lowest BCUT2D eigenvalue weighted by Gasteiger charge is -2.17. The lowest BCUT2D eigenvalue weighted by atomic mass is 10.1. The molecule has 5 heteroatoms. The Labute approximate surface area is 101 Å². The van der Waals surface area contributed by atoms with Gasteiger partial charge in [-0.25, -0.2) is 0 Å². The average Bonchev–Trinajstić information content (AvgIpc) is 2.28. The molecule has 1 aromatic rings. The summed E-state index contributed by atoms with van der Waals surface area (Å²) in [5.41, 5.74) is 13.0. The van der Waals surface area contributed by atoms with Gasteiger partial charge in [0.05, 0.1) is 0 Å². The van der Waals surface area contributed by atoms with Crippen molar-refractivity contribution >= 4 is 11.6 Å². The van der Waals surface area contributed by atoms with Crippen molar-refractivity contribution < 1.29 is 9.90 Å². The Morgan fingerprint density at radius 3 is 2.71 bits per heavy atom. The minimum atomic E-state index is -0.475. The molecular weight excluding hydrogens is 218 g/mol. The summed E-state index contributed by atoms with van der Waals surface area (Å²) in [7, 11) is 1.96. The van der Waals surface area contributed by atoms with Crippen LogP contribution >= 0.6 is 0 Å². The van der Waals surface area contributed by atoms with Gasteiger partial charge < -0.3 is 21.5 Å². The van der Waals surface area contributed by atoms with E-state index in [-0.39, 0.29) is 6.61 Å². The molecule has 1 aromatic carbocycles. The zero-order valence-electron chi connectivity index (χ0n) is 10.0. The van der Waals surface area contributed by atoms with Crippen LogP contribution in [0.4, 0.5) is 5.69 Å². The van der Waals surface area contributed by atoms with Gasteiger partial charge in [-0.1, -0.05) is 6.07 Å². The molecule has 0 spiro atoms. The van der Waals surface area contributed by atoms with Gasteiger partial charge in [0.25, 0.3) is 0 Å². The fourth-order valence-corrected chi connectivity index (χ4v) is 1.60. The van der Waals surface area contributed by atoms with E-state index in [1.165, 1.54) is 0 Å². The highest BCUT2D eigenvalue weighted by Crippen LogP contribution is 2.15. The molecule has 5 N–H and O–H groups in total. The van der Waals surface area contributed by atoms with Crippen LogP contribution in [0, 0.1) is 0 Å². The summed E-state index contributed by atoms with van der Waals surface area (Å²) in [6.45, 7) is 1.67. The van der Waals surface area contributed by atoms with Gasteiger partial charge in [-0.15, -0.1) is 0 Å². The first kappa shape index (κ1) is 13.5. The Morgan fingerprint density at radius 2 is 2.18 bits per heavy atom. The predicted molar refractivity (Wildman–Crippen MR) is 67.4 cm³/mol. The van der Waals surface area contributed by atoms with Crippen LogP contribution in [0.15, 0.2) is 18.2 Å². The third kappa shape index (κ3) is 4.05. The number of nitrogens with zero attached hydrogens (tertiary/aromatic N) is 1. The molecule has 94 valence electrons. The van der Waals surface area contributed by atoms with Gasteiger partial charge in [0.1, 0.15) is 0 Å². The molecule has 1 amide bonds. The third-order valence-corrected chi connectivity index (χ3v) is 2.57. The average molecular weight is 237 g/mol. The van der Waals surface area contributed by atoms with Crippen LogP contribution in [0.5, 0.6) is 0 Å². The van der Waals surface area contributed by atoms with Crippen molar-refractivity contribution in [2.75, 3.05) is 25.9 Å². The smallest absolute Gasteiger partial charge is 0.248 e. The Balaban J connectivity index is 2.69. The molecule has 0 unspecified atom stereocenters. The number of carbonyl (C=O) groups excluding carboxylic acids is 1. The summed E-state index contributed by atoms with van der Waals surface area (Å²) in [5.74, 6) is -0.475. The number of rotatable bonds is 6. The molecule has 0 aliphatic carbocycles. The zero-order chi connectivity index (χ0) is 12.8. The van der Waals surface area contributed by atoms with Crippen LogP contribution in [0.3, 0.4) is 0 Å². The zero-order valence-corrected chi connectivity index (χ0v) is 10.0. The van der Waals surface area contributed by atoms with Gasteiger partial charge in [-0.3, -0.25) is 4.79 Å². The molecule has 0 radical (unpaired) electrons. The summed E-state index contributed by atoms with van der Waals surface area (Å²) >= 11 is 0. The number of aliphatic hydroxyl groups excluding tert-OH is 1. The second-order valence-electron chi connectivity index (χ2n) is 4.09. The van der Waals surface area contributed by atoms with Crippen LogP contribution < -0.4 is 11.5 Å². The van der Waals surface area contributed by atoms with Gasteiger partial charge in [-0.2, -0.15) is 0 Å². The quantitative estimate of drug-likeness (QED) is 0.615. The maximum Gasteiger partial charge on any atom is 0.248 e. The normalized spacial score (nSPS) is 10.8. The molecule has 0 bridgehead atoms. The summed E-state index contributed by atoms with van der Waals surface area (Å²) in [6, 6.07) is 5.08. The lowest BCUT2D eigenvalue weighted by molar-refractivity contribution is 0.100. The number of amides is 1. The van der Waals surface area contributed by atoms with Crippen molar-refractivity contribution in [3.8, 4) is 0 Å². The number of primary amides is 1. The SMILES string of the molecule is CN(CCCO)Cc1ccc(C(N)=O)cc1N. The van der Waals surface area contributed by atoms with Crippen LogP contribution in [0.2, 0.25) is 0 Å². The number of nitrogens with two attached hydrogens (primary N) is 2. The van der Waals surface area contributed by atoms with Gasteiger partial charge >= 0.3 is 0 Å². The second-order valence-corrected chi connectivity index (χ2v) is 4.09.